The molecule has 0 fully saturated rings. The fourth-order valence-corrected chi connectivity index (χ4v) is 1.86. The predicted octanol–water partition coefficient (Wildman–Crippen LogP) is 4.77. The predicted molar refractivity (Wildman–Crippen MR) is 92.9 cm³/mol. The Morgan fingerprint density at radius 2 is 2.22 bits per heavy atom. The Morgan fingerprint density at radius 3 is 2.83 bits per heavy atom. The highest BCUT2D eigenvalue weighted by Crippen LogP contribution is 2.22. The Labute approximate surface area is 140 Å². The number of hydrogen-bond donors (Lipinski definition) is 1. The molecule has 0 radical (unpaired) electrons. The number of nitrogens with two attached hydrogens (primary N) is 1. The maximum absolute atomic E-state index is 12.3. The lowest BCUT2D eigenvalue weighted by Gasteiger charge is -2.08. The van der Waals surface area contributed by atoms with Crippen LogP contribution in [0.15, 0.2) is 59.5 Å². The van der Waals surface area contributed by atoms with E-state index in [1.807, 2.05) is 0 Å². The molecule has 0 atom stereocenters. The Kier molecular flexibility index (Phi) is 7.91. The van der Waals surface area contributed by atoms with Crippen LogP contribution < -0.4 is 5.73 Å². The first-order valence-electron chi connectivity index (χ1n) is 6.91. The maximum Gasteiger partial charge on any atom is 0.228 e. The van der Waals surface area contributed by atoms with Crippen molar-refractivity contribution in [1.29, 1.82) is 0 Å². The smallest absolute Gasteiger partial charge is 0.228 e. The van der Waals surface area contributed by atoms with Crippen molar-refractivity contribution in [2.45, 2.75) is 20.5 Å². The monoisotopic (exact) mass is 338 g/mol. The lowest BCUT2D eigenvalue weighted by atomic mass is 10.2. The molecule has 4 nitrogen and oxygen atoms in total. The number of benzene rings is 1. The van der Waals surface area contributed by atoms with Crippen LogP contribution in [0.1, 0.15) is 19.4 Å². The summed E-state index contributed by atoms with van der Waals surface area (Å²) < 4.78 is 17.1. The van der Waals surface area contributed by atoms with Crippen LogP contribution in [-0.2, 0) is 16.2 Å². The molecule has 0 aliphatic heterocycles. The van der Waals surface area contributed by atoms with Gasteiger partial charge in [-0.1, -0.05) is 35.5 Å². The van der Waals surface area contributed by atoms with E-state index in [1.54, 1.807) is 50.3 Å². The summed E-state index contributed by atoms with van der Waals surface area (Å²) in [6, 6.07) is 5.23. The standard InChI is InChI=1S/C17H20ClFN2O2/c1-4-6-14(22-11-19)9-12(2)13(3)21-23-10-15-16(18)7-5-8-17(15)20/h4-9H,2,10-11,20H2,1,3H3/b6-4-,14-9+,21-13?. The van der Waals surface area contributed by atoms with Crippen LogP contribution in [0.3, 0.4) is 0 Å². The lowest BCUT2D eigenvalue weighted by molar-refractivity contribution is 0.124. The van der Waals surface area contributed by atoms with E-state index in [0.29, 0.717) is 33.3 Å². The summed E-state index contributed by atoms with van der Waals surface area (Å²) in [5.74, 6) is 0.352. The van der Waals surface area contributed by atoms with Gasteiger partial charge < -0.3 is 15.3 Å². The molecule has 0 saturated carbocycles. The van der Waals surface area contributed by atoms with E-state index in [1.165, 1.54) is 0 Å². The molecule has 0 bridgehead atoms. The average molecular weight is 339 g/mol. The zero-order chi connectivity index (χ0) is 17.2. The van der Waals surface area contributed by atoms with Gasteiger partial charge in [0.1, 0.15) is 12.4 Å². The van der Waals surface area contributed by atoms with Crippen LogP contribution in [0.4, 0.5) is 10.1 Å². The normalized spacial score (nSPS) is 12.5. The van der Waals surface area contributed by atoms with Gasteiger partial charge in [0.25, 0.3) is 0 Å². The summed E-state index contributed by atoms with van der Waals surface area (Å²) in [6.07, 6.45) is 4.94. The van der Waals surface area contributed by atoms with Crippen LogP contribution in [0.25, 0.3) is 0 Å². The van der Waals surface area contributed by atoms with Crippen molar-refractivity contribution in [3.63, 3.8) is 0 Å². The van der Waals surface area contributed by atoms with Crippen LogP contribution in [0.5, 0.6) is 0 Å². The number of nitrogen functional groups attached to an aromatic ring is 1. The topological polar surface area (TPSA) is 56.8 Å². The minimum absolute atomic E-state index is 0.141. The molecule has 124 valence electrons. The fourth-order valence-electron chi connectivity index (χ4n) is 1.62. The average Bonchev–Trinajstić information content (AvgIpc) is 2.50. The number of oxime groups is 1. The largest absolute Gasteiger partial charge is 0.463 e. The first kappa shape index (κ1) is 18.8. The van der Waals surface area contributed by atoms with Crippen LogP contribution in [0.2, 0.25) is 5.02 Å². The van der Waals surface area contributed by atoms with Gasteiger partial charge in [-0.2, -0.15) is 0 Å². The Morgan fingerprint density at radius 1 is 1.48 bits per heavy atom. The quantitative estimate of drug-likeness (QED) is 0.244. The third-order valence-electron chi connectivity index (χ3n) is 2.90. The highest BCUT2D eigenvalue weighted by atomic mass is 35.5. The Hall–Kier alpha value is -2.27. The number of halogens is 2. The highest BCUT2D eigenvalue weighted by Gasteiger charge is 2.05. The van der Waals surface area contributed by atoms with Crippen molar-refractivity contribution in [2.24, 2.45) is 5.16 Å². The molecule has 0 spiro atoms. The molecule has 1 aromatic carbocycles. The first-order chi connectivity index (χ1) is 11.0. The van der Waals surface area contributed by atoms with Gasteiger partial charge in [-0.25, -0.2) is 4.39 Å². The molecule has 0 amide bonds. The number of anilines is 1. The van der Waals surface area contributed by atoms with Crippen molar-refractivity contribution < 1.29 is 14.0 Å². The summed E-state index contributed by atoms with van der Waals surface area (Å²) in [6.45, 7) is 6.59. The molecule has 1 rings (SSSR count). The summed E-state index contributed by atoms with van der Waals surface area (Å²) in [7, 11) is 0. The van der Waals surface area contributed by atoms with Gasteiger partial charge >= 0.3 is 0 Å². The summed E-state index contributed by atoms with van der Waals surface area (Å²) >= 11 is 6.05. The second kappa shape index (κ2) is 9.69. The van der Waals surface area contributed by atoms with Crippen molar-refractivity contribution >= 4 is 23.0 Å². The third-order valence-corrected chi connectivity index (χ3v) is 3.25. The Bertz CT molecular complexity index is 619. The van der Waals surface area contributed by atoms with E-state index >= 15 is 0 Å². The first-order valence-corrected chi connectivity index (χ1v) is 7.29. The number of nitrogens with zero attached hydrogens (tertiary/aromatic N) is 1. The van der Waals surface area contributed by atoms with E-state index in [0.717, 1.165) is 0 Å². The van der Waals surface area contributed by atoms with E-state index in [4.69, 9.17) is 26.9 Å². The number of alkyl halides is 1. The number of rotatable bonds is 8. The minimum Gasteiger partial charge on any atom is -0.463 e. The molecule has 0 aliphatic rings. The molecule has 1 aromatic rings. The van der Waals surface area contributed by atoms with Gasteiger partial charge in [-0.3, -0.25) is 0 Å². The molecule has 0 aliphatic carbocycles. The molecule has 0 saturated heterocycles. The molecule has 23 heavy (non-hydrogen) atoms. The summed E-state index contributed by atoms with van der Waals surface area (Å²) in [5, 5.41) is 4.48. The Balaban J connectivity index is 2.73. The van der Waals surface area contributed by atoms with Gasteiger partial charge in [0, 0.05) is 16.3 Å². The van der Waals surface area contributed by atoms with Gasteiger partial charge in [-0.15, -0.1) is 0 Å². The van der Waals surface area contributed by atoms with Gasteiger partial charge in [-0.05, 0) is 43.7 Å². The van der Waals surface area contributed by atoms with Crippen molar-refractivity contribution in [3.05, 3.63) is 64.9 Å². The van der Waals surface area contributed by atoms with Crippen molar-refractivity contribution in [3.8, 4) is 0 Å². The van der Waals surface area contributed by atoms with Gasteiger partial charge in [0.2, 0.25) is 6.86 Å². The van der Waals surface area contributed by atoms with Gasteiger partial charge in [0.05, 0.1) is 5.71 Å². The molecule has 6 heteroatoms. The molecular formula is C17H20ClFN2O2. The second-order valence-electron chi connectivity index (χ2n) is 4.58. The van der Waals surface area contributed by atoms with Crippen LogP contribution in [-0.4, -0.2) is 12.6 Å². The molecule has 0 heterocycles. The second-order valence-corrected chi connectivity index (χ2v) is 4.99. The lowest BCUT2D eigenvalue weighted by Crippen LogP contribution is -2.00. The zero-order valence-corrected chi connectivity index (χ0v) is 13.9. The molecule has 2 N–H and O–H groups in total. The van der Waals surface area contributed by atoms with Crippen LogP contribution >= 0.6 is 11.6 Å². The van der Waals surface area contributed by atoms with E-state index < -0.39 is 6.86 Å². The van der Waals surface area contributed by atoms with E-state index in [-0.39, 0.29) is 6.61 Å². The van der Waals surface area contributed by atoms with E-state index in [2.05, 4.69) is 11.7 Å². The molecule has 0 aromatic heterocycles. The van der Waals surface area contributed by atoms with E-state index in [9.17, 15) is 4.39 Å². The van der Waals surface area contributed by atoms with Crippen molar-refractivity contribution in [1.82, 2.24) is 0 Å². The van der Waals surface area contributed by atoms with Crippen LogP contribution in [0, 0.1) is 0 Å². The molecular weight excluding hydrogens is 319 g/mol. The summed E-state index contributed by atoms with van der Waals surface area (Å²) in [4.78, 5) is 5.27. The number of ether oxygens (including phenoxy) is 1. The van der Waals surface area contributed by atoms with Gasteiger partial charge in [0.15, 0.2) is 0 Å². The number of hydrogen-bond acceptors (Lipinski definition) is 4. The SMILES string of the molecule is C=C(/C=C(\C=C/C)OCF)C(C)=NOCc1c(N)cccc1Cl. The molecule has 0 unspecified atom stereocenters. The highest BCUT2D eigenvalue weighted by molar-refractivity contribution is 6.31. The fraction of sp³-hybridized carbons (Fsp3) is 0.235. The number of allylic oxidation sites excluding steroid dienone is 4. The third kappa shape index (κ3) is 6.16. The zero-order valence-electron chi connectivity index (χ0n) is 13.2. The summed E-state index contributed by atoms with van der Waals surface area (Å²) in [5.41, 5.74) is 8.11. The van der Waals surface area contributed by atoms with Crippen molar-refractivity contribution in [2.75, 3.05) is 12.6 Å². The minimum atomic E-state index is -0.915. The maximum atomic E-state index is 12.3.